The summed E-state index contributed by atoms with van der Waals surface area (Å²) in [5, 5.41) is 8.87. The summed E-state index contributed by atoms with van der Waals surface area (Å²) >= 11 is 0. The van der Waals surface area contributed by atoms with Crippen molar-refractivity contribution in [3.8, 4) is 11.5 Å². The van der Waals surface area contributed by atoms with Crippen LogP contribution in [0, 0.1) is 12.7 Å². The fourth-order valence-electron chi connectivity index (χ4n) is 2.71. The largest absolute Gasteiger partial charge is 0.490 e. The van der Waals surface area contributed by atoms with Crippen molar-refractivity contribution in [1.82, 2.24) is 0 Å². The molecule has 3 aromatic carbocycles. The predicted molar refractivity (Wildman–Crippen MR) is 113 cm³/mol. The van der Waals surface area contributed by atoms with Crippen LogP contribution in [0.3, 0.4) is 0 Å². The van der Waals surface area contributed by atoms with Gasteiger partial charge in [0.25, 0.3) is 10.0 Å². The smallest absolute Gasteiger partial charge is 0.335 e. The van der Waals surface area contributed by atoms with Crippen LogP contribution in [0.2, 0.25) is 0 Å². The third-order valence-electron chi connectivity index (χ3n) is 4.27. The molecule has 0 saturated heterocycles. The van der Waals surface area contributed by atoms with Gasteiger partial charge in [0.15, 0.2) is 0 Å². The van der Waals surface area contributed by atoms with Crippen LogP contribution in [-0.2, 0) is 10.0 Å². The first-order valence-electron chi connectivity index (χ1n) is 9.22. The van der Waals surface area contributed by atoms with Crippen molar-refractivity contribution < 1.29 is 32.2 Å². The van der Waals surface area contributed by atoms with Gasteiger partial charge in [-0.05, 0) is 73.2 Å². The van der Waals surface area contributed by atoms with Crippen molar-refractivity contribution in [3.05, 3.63) is 83.7 Å². The summed E-state index contributed by atoms with van der Waals surface area (Å²) in [7, 11) is -3.93. The maximum absolute atomic E-state index is 13.4. The van der Waals surface area contributed by atoms with Crippen molar-refractivity contribution in [1.29, 1.82) is 0 Å². The van der Waals surface area contributed by atoms with Gasteiger partial charge in [-0.2, -0.15) is 0 Å². The van der Waals surface area contributed by atoms with Crippen molar-refractivity contribution in [3.63, 3.8) is 0 Å². The quantitative estimate of drug-likeness (QED) is 0.481. The second-order valence-electron chi connectivity index (χ2n) is 6.57. The van der Waals surface area contributed by atoms with Crippen molar-refractivity contribution in [2.75, 3.05) is 17.9 Å². The summed E-state index contributed by atoms with van der Waals surface area (Å²) < 4.78 is 51.9. The highest BCUT2D eigenvalue weighted by molar-refractivity contribution is 7.92. The van der Waals surface area contributed by atoms with Crippen LogP contribution in [-0.4, -0.2) is 32.7 Å². The molecule has 7 nitrogen and oxygen atoms in total. The monoisotopic (exact) mass is 445 g/mol. The molecule has 31 heavy (non-hydrogen) atoms. The van der Waals surface area contributed by atoms with Crippen molar-refractivity contribution in [2.45, 2.75) is 11.8 Å². The Hall–Kier alpha value is -3.59. The minimum Gasteiger partial charge on any atom is -0.490 e. The molecule has 9 heteroatoms. The number of carboxylic acid groups (broad SMARTS) is 1. The van der Waals surface area contributed by atoms with Crippen LogP contribution >= 0.6 is 0 Å². The highest BCUT2D eigenvalue weighted by atomic mass is 32.2. The molecular weight excluding hydrogens is 425 g/mol. The summed E-state index contributed by atoms with van der Waals surface area (Å²) in [6.07, 6.45) is 0. The maximum Gasteiger partial charge on any atom is 0.335 e. The highest BCUT2D eigenvalue weighted by Crippen LogP contribution is 2.22. The van der Waals surface area contributed by atoms with E-state index in [2.05, 4.69) is 4.72 Å². The van der Waals surface area contributed by atoms with Gasteiger partial charge >= 0.3 is 5.97 Å². The number of anilines is 1. The minimum atomic E-state index is -3.93. The van der Waals surface area contributed by atoms with Crippen LogP contribution < -0.4 is 14.2 Å². The molecule has 0 atom stereocenters. The van der Waals surface area contributed by atoms with Gasteiger partial charge in [0.05, 0.1) is 10.5 Å². The van der Waals surface area contributed by atoms with Crippen LogP contribution in [0.25, 0.3) is 0 Å². The number of halogens is 1. The molecule has 0 saturated carbocycles. The van der Waals surface area contributed by atoms with Gasteiger partial charge in [0.1, 0.15) is 30.5 Å². The SMILES string of the molecule is Cc1ccc(F)cc1S(=O)(=O)Nc1ccc(OCCOc2ccc(C(=O)O)cc2)cc1. The molecule has 0 heterocycles. The van der Waals surface area contributed by atoms with E-state index < -0.39 is 21.8 Å². The molecule has 3 rings (SSSR count). The number of nitrogens with one attached hydrogen (secondary N) is 1. The molecular formula is C22H20FNO6S. The lowest BCUT2D eigenvalue weighted by molar-refractivity contribution is 0.0697. The molecule has 0 aliphatic rings. The van der Waals surface area contributed by atoms with Gasteiger partial charge in [0, 0.05) is 5.69 Å². The number of hydrogen-bond acceptors (Lipinski definition) is 5. The lowest BCUT2D eigenvalue weighted by Gasteiger charge is -2.12. The molecule has 2 N–H and O–H groups in total. The first-order chi connectivity index (χ1) is 14.7. The summed E-state index contributed by atoms with van der Waals surface area (Å²) in [5.41, 5.74) is 0.920. The number of benzene rings is 3. The van der Waals surface area contributed by atoms with Crippen molar-refractivity contribution >= 4 is 21.7 Å². The third kappa shape index (κ3) is 5.95. The number of carbonyl (C=O) groups is 1. The number of aromatic carboxylic acids is 1. The fraction of sp³-hybridized carbons (Fsp3) is 0.136. The zero-order chi connectivity index (χ0) is 22.4. The Kier molecular flexibility index (Phi) is 6.76. The summed E-state index contributed by atoms with van der Waals surface area (Å²) in [5.74, 6) is -0.609. The molecule has 0 amide bonds. The number of rotatable bonds is 9. The average Bonchev–Trinajstić information content (AvgIpc) is 2.74. The van der Waals surface area contributed by atoms with Gasteiger partial charge < -0.3 is 14.6 Å². The van der Waals surface area contributed by atoms with E-state index in [4.69, 9.17) is 14.6 Å². The van der Waals surface area contributed by atoms with E-state index in [0.717, 1.165) is 6.07 Å². The maximum atomic E-state index is 13.4. The zero-order valence-corrected chi connectivity index (χ0v) is 17.4. The third-order valence-corrected chi connectivity index (χ3v) is 5.79. The number of sulfonamides is 1. The highest BCUT2D eigenvalue weighted by Gasteiger charge is 2.17. The molecule has 0 radical (unpaired) electrons. The zero-order valence-electron chi connectivity index (χ0n) is 16.5. The van der Waals surface area contributed by atoms with Gasteiger partial charge in [-0.15, -0.1) is 0 Å². The fourth-order valence-corrected chi connectivity index (χ4v) is 4.02. The predicted octanol–water partition coefficient (Wildman–Crippen LogP) is 4.09. The number of carboxylic acids is 1. The van der Waals surface area contributed by atoms with E-state index in [1.165, 1.54) is 36.4 Å². The van der Waals surface area contributed by atoms with Crippen molar-refractivity contribution in [2.24, 2.45) is 0 Å². The molecule has 0 bridgehead atoms. The number of aryl methyl sites for hydroxylation is 1. The first-order valence-corrected chi connectivity index (χ1v) is 10.7. The molecule has 0 aromatic heterocycles. The van der Waals surface area contributed by atoms with Crippen LogP contribution in [0.4, 0.5) is 10.1 Å². The number of hydrogen-bond donors (Lipinski definition) is 2. The van der Waals surface area contributed by atoms with E-state index in [1.807, 2.05) is 0 Å². The Balaban J connectivity index is 1.52. The molecule has 0 aliphatic carbocycles. The van der Waals surface area contributed by atoms with Crippen LogP contribution in [0.15, 0.2) is 71.6 Å². The van der Waals surface area contributed by atoms with Crippen LogP contribution in [0.5, 0.6) is 11.5 Å². The minimum absolute atomic E-state index is 0.124. The second kappa shape index (κ2) is 9.48. The van der Waals surface area contributed by atoms with E-state index in [9.17, 15) is 17.6 Å². The summed E-state index contributed by atoms with van der Waals surface area (Å²) in [6, 6.07) is 15.9. The molecule has 0 spiro atoms. The number of ether oxygens (including phenoxy) is 2. The van der Waals surface area contributed by atoms with Gasteiger partial charge in [-0.25, -0.2) is 17.6 Å². The Morgan fingerprint density at radius 3 is 2.03 bits per heavy atom. The van der Waals surface area contributed by atoms with E-state index in [1.54, 1.807) is 31.2 Å². The van der Waals surface area contributed by atoms with Crippen LogP contribution in [0.1, 0.15) is 15.9 Å². The van der Waals surface area contributed by atoms with E-state index in [0.29, 0.717) is 22.7 Å². The summed E-state index contributed by atoms with van der Waals surface area (Å²) in [6.45, 7) is 2.06. The van der Waals surface area contributed by atoms with Gasteiger partial charge in [-0.3, -0.25) is 4.72 Å². The average molecular weight is 445 g/mol. The normalized spacial score (nSPS) is 11.0. The van der Waals surface area contributed by atoms with E-state index >= 15 is 0 Å². The lowest BCUT2D eigenvalue weighted by Crippen LogP contribution is -2.14. The molecule has 162 valence electrons. The van der Waals surface area contributed by atoms with E-state index in [-0.39, 0.29) is 23.7 Å². The first kappa shape index (κ1) is 22.1. The molecule has 0 unspecified atom stereocenters. The Labute approximate surface area is 179 Å². The Morgan fingerprint density at radius 1 is 0.935 bits per heavy atom. The topological polar surface area (TPSA) is 102 Å². The second-order valence-corrected chi connectivity index (χ2v) is 8.22. The van der Waals surface area contributed by atoms with Gasteiger partial charge in [-0.1, -0.05) is 6.07 Å². The molecule has 0 aliphatic heterocycles. The lowest BCUT2D eigenvalue weighted by atomic mass is 10.2. The Morgan fingerprint density at radius 2 is 1.48 bits per heavy atom. The Bertz CT molecular complexity index is 1160. The summed E-state index contributed by atoms with van der Waals surface area (Å²) in [4.78, 5) is 10.7. The van der Waals surface area contributed by atoms with Gasteiger partial charge in [0.2, 0.25) is 0 Å². The molecule has 0 fully saturated rings. The standard InChI is InChI=1S/C22H20FNO6S/c1-15-2-5-17(23)14-21(15)31(27,28)24-18-6-10-20(11-7-18)30-13-12-29-19-8-3-16(4-9-19)22(25)26/h2-11,14,24H,12-13H2,1H3,(H,25,26). The molecule has 3 aromatic rings.